The molecule has 0 radical (unpaired) electrons. The van der Waals surface area contributed by atoms with E-state index in [0.29, 0.717) is 24.3 Å². The van der Waals surface area contributed by atoms with Crippen molar-refractivity contribution in [3.05, 3.63) is 72.9 Å². The van der Waals surface area contributed by atoms with Crippen LogP contribution in [0.2, 0.25) is 0 Å². The minimum atomic E-state index is -0.872. The Labute approximate surface area is 199 Å². The Balaban J connectivity index is 2.00. The van der Waals surface area contributed by atoms with E-state index in [1.54, 1.807) is 7.11 Å². The highest BCUT2D eigenvalue weighted by Crippen LogP contribution is 2.39. The Bertz CT molecular complexity index is 1190. The molecule has 1 aromatic carbocycles. The number of aliphatic carboxylic acids is 1. The zero-order valence-electron chi connectivity index (χ0n) is 19.8. The summed E-state index contributed by atoms with van der Waals surface area (Å²) >= 11 is 0. The summed E-state index contributed by atoms with van der Waals surface area (Å²) in [7, 11) is 1.63. The molecule has 0 aliphatic heterocycles. The summed E-state index contributed by atoms with van der Waals surface area (Å²) in [6, 6.07) is 7.75. The number of rotatable bonds is 12. The number of ether oxygens (including phenoxy) is 2. The van der Waals surface area contributed by atoms with Crippen molar-refractivity contribution in [3.8, 4) is 16.9 Å². The number of hydrogen-bond donors (Lipinski definition) is 1. The van der Waals surface area contributed by atoms with Gasteiger partial charge in [0.05, 0.1) is 37.3 Å². The quantitative estimate of drug-likeness (QED) is 0.337. The number of allylic oxidation sites excluding steroid dienone is 5. The summed E-state index contributed by atoms with van der Waals surface area (Å²) in [5.74, 6) is 0.519. The lowest BCUT2D eigenvalue weighted by Crippen LogP contribution is -2.13. The Morgan fingerprint density at radius 3 is 2.68 bits per heavy atom. The van der Waals surface area contributed by atoms with Crippen molar-refractivity contribution in [1.82, 2.24) is 9.97 Å². The van der Waals surface area contributed by atoms with Gasteiger partial charge >= 0.3 is 5.97 Å². The van der Waals surface area contributed by atoms with Gasteiger partial charge in [0, 0.05) is 11.1 Å². The van der Waals surface area contributed by atoms with Gasteiger partial charge in [-0.1, -0.05) is 43.0 Å². The number of fused-ring (bicyclic) bond motifs is 1. The van der Waals surface area contributed by atoms with Crippen molar-refractivity contribution in [2.24, 2.45) is 0 Å². The average molecular weight is 463 g/mol. The average Bonchev–Trinajstić information content (AvgIpc) is 3.23. The second kappa shape index (κ2) is 12.0. The second-order valence-corrected chi connectivity index (χ2v) is 7.81. The summed E-state index contributed by atoms with van der Waals surface area (Å²) in [5, 5.41) is 9.64. The molecule has 0 bridgehead atoms. The van der Waals surface area contributed by atoms with Crippen LogP contribution in [0, 0.1) is 0 Å². The smallest absolute Gasteiger partial charge is 0.305 e. The van der Waals surface area contributed by atoms with Crippen LogP contribution in [0.1, 0.15) is 38.1 Å². The fourth-order valence-electron chi connectivity index (χ4n) is 3.57. The summed E-state index contributed by atoms with van der Waals surface area (Å²) in [6.07, 6.45) is 10.3. The molecule has 178 valence electrons. The maximum Gasteiger partial charge on any atom is 0.305 e. The van der Waals surface area contributed by atoms with Gasteiger partial charge in [-0.3, -0.25) is 4.79 Å². The molecule has 0 spiro atoms. The van der Waals surface area contributed by atoms with Gasteiger partial charge in [-0.15, -0.1) is 0 Å². The van der Waals surface area contributed by atoms with Crippen molar-refractivity contribution in [2.45, 2.75) is 39.2 Å². The minimum Gasteiger partial charge on any atom is -0.497 e. The molecule has 0 unspecified atom stereocenters. The summed E-state index contributed by atoms with van der Waals surface area (Å²) in [6.45, 7) is 8.27. The highest BCUT2D eigenvalue weighted by Gasteiger charge is 2.22. The number of aryl methyl sites for hydroxylation is 1. The van der Waals surface area contributed by atoms with E-state index in [9.17, 15) is 4.79 Å². The fourth-order valence-corrected chi connectivity index (χ4v) is 3.57. The normalized spacial score (nSPS) is 12.6. The predicted molar refractivity (Wildman–Crippen MR) is 133 cm³/mol. The van der Waals surface area contributed by atoms with Crippen molar-refractivity contribution < 1.29 is 23.8 Å². The third kappa shape index (κ3) is 6.20. The van der Waals surface area contributed by atoms with E-state index in [4.69, 9.17) is 19.0 Å². The van der Waals surface area contributed by atoms with Gasteiger partial charge in [0.1, 0.15) is 17.8 Å². The van der Waals surface area contributed by atoms with Gasteiger partial charge in [-0.2, -0.15) is 0 Å². The largest absolute Gasteiger partial charge is 0.497 e. The van der Waals surface area contributed by atoms with Gasteiger partial charge in [0.15, 0.2) is 0 Å². The first-order chi connectivity index (χ1) is 16.4. The Morgan fingerprint density at radius 1 is 1.24 bits per heavy atom. The molecule has 2 aromatic heterocycles. The van der Waals surface area contributed by atoms with Gasteiger partial charge in [-0.25, -0.2) is 9.97 Å². The van der Waals surface area contributed by atoms with E-state index in [1.165, 1.54) is 6.33 Å². The molecule has 1 atom stereocenters. The third-order valence-electron chi connectivity index (χ3n) is 5.34. The molecule has 0 aliphatic carbocycles. The number of methoxy groups -OCH3 is 1. The van der Waals surface area contributed by atoms with Crippen molar-refractivity contribution in [1.29, 1.82) is 0 Å². The predicted octanol–water partition coefficient (Wildman–Crippen LogP) is 5.86. The number of aromatic nitrogens is 2. The lowest BCUT2D eigenvalue weighted by molar-refractivity contribution is -0.138. The van der Waals surface area contributed by atoms with Gasteiger partial charge in [0.25, 0.3) is 0 Å². The van der Waals surface area contributed by atoms with E-state index >= 15 is 0 Å². The first kappa shape index (κ1) is 24.9. The summed E-state index contributed by atoms with van der Waals surface area (Å²) in [5.41, 5.74) is 3.87. The lowest BCUT2D eigenvalue weighted by atomic mass is 9.97. The molecule has 7 nitrogen and oxygen atoms in total. The molecule has 34 heavy (non-hydrogen) atoms. The Kier molecular flexibility index (Phi) is 8.76. The molecule has 0 aliphatic rings. The zero-order chi connectivity index (χ0) is 24.5. The molecule has 3 rings (SSSR count). The van der Waals surface area contributed by atoms with Crippen molar-refractivity contribution in [3.63, 3.8) is 0 Å². The van der Waals surface area contributed by atoms with E-state index in [-0.39, 0.29) is 19.1 Å². The lowest BCUT2D eigenvalue weighted by Gasteiger charge is -2.12. The van der Waals surface area contributed by atoms with E-state index in [1.807, 2.05) is 62.4 Å². The second-order valence-electron chi connectivity index (χ2n) is 7.81. The Hall–Kier alpha value is -3.71. The monoisotopic (exact) mass is 462 g/mol. The molecule has 0 saturated heterocycles. The topological polar surface area (TPSA) is 94.7 Å². The highest BCUT2D eigenvalue weighted by molar-refractivity contribution is 6.00. The molecule has 1 N–H and O–H groups in total. The number of carboxylic acids is 1. The van der Waals surface area contributed by atoms with Crippen LogP contribution in [-0.4, -0.2) is 40.9 Å². The van der Waals surface area contributed by atoms with Gasteiger partial charge in [-0.05, 0) is 44.4 Å². The molecule has 0 amide bonds. The van der Waals surface area contributed by atoms with Crippen LogP contribution in [0.15, 0.2) is 65.9 Å². The number of benzene rings is 1. The zero-order valence-corrected chi connectivity index (χ0v) is 19.8. The van der Waals surface area contributed by atoms with Crippen LogP contribution >= 0.6 is 0 Å². The van der Waals surface area contributed by atoms with Gasteiger partial charge in [0.2, 0.25) is 5.71 Å². The third-order valence-corrected chi connectivity index (χ3v) is 5.34. The van der Waals surface area contributed by atoms with Gasteiger partial charge < -0.3 is 19.0 Å². The number of carbonyl (C=O) groups is 1. The van der Waals surface area contributed by atoms with Crippen LogP contribution in [0.25, 0.3) is 27.8 Å². The van der Waals surface area contributed by atoms with Crippen molar-refractivity contribution in [2.75, 3.05) is 13.7 Å². The maximum atomic E-state index is 10.7. The molecular weight excluding hydrogens is 432 g/mol. The van der Waals surface area contributed by atoms with Crippen LogP contribution < -0.4 is 4.74 Å². The highest BCUT2D eigenvalue weighted by atomic mass is 16.5. The molecule has 7 heteroatoms. The minimum absolute atomic E-state index is 0.0162. The Morgan fingerprint density at radius 2 is 2.00 bits per heavy atom. The maximum absolute atomic E-state index is 10.7. The standard InChI is InChI=1S/C27H30N2O5/c1-5-6-7-8-18(2)26-24(20-10-12-21(32-4)13-11-20)25-22(28-17-29-27(25)34-26)14-9-19(3)33-16-15-23(30)31/h5-8,10-13,17,19H,2,9,14-16H2,1,3-4H3,(H,30,31)/b6-5-,8-7-/t19-/m0/s1. The summed E-state index contributed by atoms with van der Waals surface area (Å²) < 4.78 is 17.1. The van der Waals surface area contributed by atoms with Crippen molar-refractivity contribution >= 4 is 22.6 Å². The van der Waals surface area contributed by atoms with E-state index in [0.717, 1.165) is 33.5 Å². The number of furan rings is 1. The number of nitrogens with zero attached hydrogens (tertiary/aromatic N) is 2. The molecule has 0 saturated carbocycles. The summed E-state index contributed by atoms with van der Waals surface area (Å²) in [4.78, 5) is 19.7. The number of hydrogen-bond acceptors (Lipinski definition) is 6. The molecule has 0 fully saturated rings. The molecular formula is C27H30N2O5. The van der Waals surface area contributed by atoms with Crippen LogP contribution in [0.4, 0.5) is 0 Å². The fraction of sp³-hybridized carbons (Fsp3) is 0.296. The van der Waals surface area contributed by atoms with Crippen LogP contribution in [0.5, 0.6) is 5.75 Å². The van der Waals surface area contributed by atoms with E-state index in [2.05, 4.69) is 16.5 Å². The SMILES string of the molecule is C=C(/C=C\C=C/C)c1oc2ncnc(CC[C@H](C)OCCC(=O)O)c2c1-c1ccc(OC)cc1. The molecule has 2 heterocycles. The number of carboxylic acid groups (broad SMARTS) is 1. The van der Waals surface area contributed by atoms with Crippen LogP contribution in [-0.2, 0) is 16.0 Å². The van der Waals surface area contributed by atoms with Crippen LogP contribution in [0.3, 0.4) is 0 Å². The molecule has 3 aromatic rings. The van der Waals surface area contributed by atoms with E-state index < -0.39 is 5.97 Å². The first-order valence-corrected chi connectivity index (χ1v) is 11.2. The first-order valence-electron chi connectivity index (χ1n) is 11.2.